The van der Waals surface area contributed by atoms with E-state index in [4.69, 9.17) is 4.74 Å². The number of ether oxygens (including phenoxy) is 1. The molecule has 5 rings (SSSR count). The molecule has 35 heavy (non-hydrogen) atoms. The molecule has 0 atom stereocenters. The molecule has 7 heteroatoms. The molecule has 1 aliphatic heterocycles. The van der Waals surface area contributed by atoms with E-state index in [1.807, 2.05) is 25.1 Å². The Bertz CT molecular complexity index is 1480. The normalized spacial score (nSPS) is 14.0. The lowest BCUT2D eigenvalue weighted by Gasteiger charge is -2.26. The summed E-state index contributed by atoms with van der Waals surface area (Å²) in [5.41, 5.74) is 2.84. The van der Waals surface area contributed by atoms with Crippen LogP contribution < -0.4 is 5.56 Å². The van der Waals surface area contributed by atoms with Gasteiger partial charge >= 0.3 is 0 Å². The molecule has 1 aromatic heterocycles. The molecular formula is C28H25N3O4. The number of aromatic hydroxyl groups is 1. The van der Waals surface area contributed by atoms with Crippen LogP contribution in [-0.2, 0) is 4.74 Å². The number of aromatic nitrogens is 1. The summed E-state index contributed by atoms with van der Waals surface area (Å²) in [6.45, 7) is 4.15. The second-order valence-electron chi connectivity index (χ2n) is 8.47. The molecule has 1 amide bonds. The summed E-state index contributed by atoms with van der Waals surface area (Å²) in [6.07, 6.45) is 1.54. The van der Waals surface area contributed by atoms with Gasteiger partial charge in [-0.2, -0.15) is 0 Å². The maximum atomic E-state index is 13.2. The van der Waals surface area contributed by atoms with Gasteiger partial charge in [0.1, 0.15) is 0 Å². The Morgan fingerprint density at radius 3 is 2.43 bits per heavy atom. The summed E-state index contributed by atoms with van der Waals surface area (Å²) in [7, 11) is 0. The van der Waals surface area contributed by atoms with Crippen LogP contribution in [0.5, 0.6) is 5.88 Å². The Labute approximate surface area is 202 Å². The van der Waals surface area contributed by atoms with Crippen molar-refractivity contribution in [3.8, 4) is 11.6 Å². The summed E-state index contributed by atoms with van der Waals surface area (Å²) < 4.78 is 6.63. The van der Waals surface area contributed by atoms with Gasteiger partial charge in [0, 0.05) is 35.6 Å². The van der Waals surface area contributed by atoms with E-state index in [1.165, 1.54) is 4.57 Å². The van der Waals surface area contributed by atoms with E-state index in [1.54, 1.807) is 65.7 Å². The standard InChI is InChI=1S/C28H25N3O4/c1-19-9-11-22(12-10-19)31-27(33)24-8-3-2-7-23(24)25(28(31)34)18-29-21-6-4-5-20(17-21)26(32)30-13-15-35-16-14-30/h2-12,17-18,34H,13-16H2,1H3. The van der Waals surface area contributed by atoms with E-state index < -0.39 is 0 Å². The van der Waals surface area contributed by atoms with Gasteiger partial charge < -0.3 is 14.7 Å². The Hall–Kier alpha value is -4.23. The quantitative estimate of drug-likeness (QED) is 0.456. The molecule has 7 nitrogen and oxygen atoms in total. The lowest BCUT2D eigenvalue weighted by molar-refractivity contribution is 0.0303. The first-order valence-electron chi connectivity index (χ1n) is 11.5. The zero-order chi connectivity index (χ0) is 24.4. The van der Waals surface area contributed by atoms with Crippen LogP contribution >= 0.6 is 0 Å². The van der Waals surface area contributed by atoms with E-state index in [2.05, 4.69) is 4.99 Å². The van der Waals surface area contributed by atoms with E-state index in [9.17, 15) is 14.7 Å². The van der Waals surface area contributed by atoms with Gasteiger partial charge in [-0.05, 0) is 43.3 Å². The SMILES string of the molecule is Cc1ccc(-n2c(O)c(C=Nc3cccc(C(=O)N4CCOCC4)c3)c3ccccc3c2=O)cc1. The van der Waals surface area contributed by atoms with Gasteiger partial charge in [0.25, 0.3) is 11.5 Å². The summed E-state index contributed by atoms with van der Waals surface area (Å²) in [4.78, 5) is 32.4. The average Bonchev–Trinajstić information content (AvgIpc) is 2.90. The van der Waals surface area contributed by atoms with Crippen LogP contribution in [0.3, 0.4) is 0 Å². The molecule has 0 bridgehead atoms. The number of amides is 1. The monoisotopic (exact) mass is 467 g/mol. The fourth-order valence-corrected chi connectivity index (χ4v) is 4.23. The molecule has 0 aliphatic carbocycles. The lowest BCUT2D eigenvalue weighted by Crippen LogP contribution is -2.40. The third kappa shape index (κ3) is 4.46. The first-order chi connectivity index (χ1) is 17.0. The van der Waals surface area contributed by atoms with Crippen LogP contribution in [0.25, 0.3) is 16.5 Å². The van der Waals surface area contributed by atoms with Crippen molar-refractivity contribution >= 4 is 28.6 Å². The minimum absolute atomic E-state index is 0.0634. The third-order valence-corrected chi connectivity index (χ3v) is 6.13. The van der Waals surface area contributed by atoms with Crippen LogP contribution in [0, 0.1) is 6.92 Å². The second-order valence-corrected chi connectivity index (χ2v) is 8.47. The van der Waals surface area contributed by atoms with Crippen LogP contribution in [-0.4, -0.2) is 53.0 Å². The maximum Gasteiger partial charge on any atom is 0.265 e. The number of hydrogen-bond donors (Lipinski definition) is 1. The molecule has 2 heterocycles. The molecule has 1 saturated heterocycles. The number of aryl methyl sites for hydroxylation is 1. The minimum atomic E-state index is -0.308. The van der Waals surface area contributed by atoms with Crippen molar-refractivity contribution in [2.24, 2.45) is 4.99 Å². The molecular weight excluding hydrogens is 442 g/mol. The molecule has 0 spiro atoms. The van der Waals surface area contributed by atoms with Crippen molar-refractivity contribution in [3.05, 3.63) is 99.8 Å². The molecule has 176 valence electrons. The Morgan fingerprint density at radius 1 is 0.971 bits per heavy atom. The van der Waals surface area contributed by atoms with Gasteiger partial charge in [0.2, 0.25) is 5.88 Å². The number of nitrogens with zero attached hydrogens (tertiary/aromatic N) is 3. The average molecular weight is 468 g/mol. The third-order valence-electron chi connectivity index (χ3n) is 6.13. The number of hydrogen-bond acceptors (Lipinski definition) is 5. The van der Waals surface area contributed by atoms with Crippen LogP contribution in [0.15, 0.2) is 82.6 Å². The highest BCUT2D eigenvalue weighted by atomic mass is 16.5. The van der Waals surface area contributed by atoms with E-state index in [-0.39, 0.29) is 17.3 Å². The number of fused-ring (bicyclic) bond motifs is 1. The van der Waals surface area contributed by atoms with E-state index in [0.29, 0.717) is 59.6 Å². The van der Waals surface area contributed by atoms with Crippen LogP contribution in [0.1, 0.15) is 21.5 Å². The van der Waals surface area contributed by atoms with Gasteiger partial charge in [-0.1, -0.05) is 42.0 Å². The molecule has 0 radical (unpaired) electrons. The first kappa shape index (κ1) is 22.6. The number of pyridine rings is 1. The number of aliphatic imine (C=N–C) groups is 1. The number of rotatable bonds is 4. The van der Waals surface area contributed by atoms with Crippen molar-refractivity contribution in [3.63, 3.8) is 0 Å². The van der Waals surface area contributed by atoms with E-state index in [0.717, 1.165) is 5.56 Å². The lowest BCUT2D eigenvalue weighted by atomic mass is 10.1. The zero-order valence-corrected chi connectivity index (χ0v) is 19.3. The fourth-order valence-electron chi connectivity index (χ4n) is 4.23. The molecule has 4 aromatic rings. The van der Waals surface area contributed by atoms with Gasteiger partial charge in [-0.15, -0.1) is 0 Å². The first-order valence-corrected chi connectivity index (χ1v) is 11.5. The summed E-state index contributed by atoms with van der Waals surface area (Å²) >= 11 is 0. The Morgan fingerprint density at radius 2 is 1.69 bits per heavy atom. The number of carbonyl (C=O) groups excluding carboxylic acids is 1. The van der Waals surface area contributed by atoms with Crippen molar-refractivity contribution in [2.45, 2.75) is 6.92 Å². The second kappa shape index (κ2) is 9.56. The van der Waals surface area contributed by atoms with Crippen molar-refractivity contribution in [1.29, 1.82) is 0 Å². The molecule has 1 fully saturated rings. The predicted molar refractivity (Wildman–Crippen MR) is 136 cm³/mol. The topological polar surface area (TPSA) is 84.1 Å². The smallest absolute Gasteiger partial charge is 0.265 e. The fraction of sp³-hybridized carbons (Fsp3) is 0.179. The molecule has 1 aliphatic rings. The number of morpholine rings is 1. The Kier molecular flexibility index (Phi) is 6.16. The highest BCUT2D eigenvalue weighted by molar-refractivity contribution is 6.02. The van der Waals surface area contributed by atoms with Crippen molar-refractivity contribution in [2.75, 3.05) is 26.3 Å². The predicted octanol–water partition coefficient (Wildman–Crippen LogP) is 4.23. The highest BCUT2D eigenvalue weighted by Gasteiger charge is 2.19. The summed E-state index contributed by atoms with van der Waals surface area (Å²) in [5.74, 6) is -0.256. The number of carbonyl (C=O) groups is 1. The zero-order valence-electron chi connectivity index (χ0n) is 19.3. The van der Waals surface area contributed by atoms with Gasteiger partial charge in [0.05, 0.1) is 30.2 Å². The van der Waals surface area contributed by atoms with Crippen molar-refractivity contribution < 1.29 is 14.6 Å². The number of benzene rings is 3. The van der Waals surface area contributed by atoms with E-state index >= 15 is 0 Å². The van der Waals surface area contributed by atoms with Crippen molar-refractivity contribution in [1.82, 2.24) is 9.47 Å². The largest absolute Gasteiger partial charge is 0.494 e. The maximum absolute atomic E-state index is 13.2. The molecule has 0 saturated carbocycles. The van der Waals surface area contributed by atoms with Gasteiger partial charge in [-0.25, -0.2) is 4.57 Å². The summed E-state index contributed by atoms with van der Waals surface area (Å²) in [5, 5.41) is 12.3. The van der Waals surface area contributed by atoms with Gasteiger partial charge in [0.15, 0.2) is 0 Å². The molecule has 1 N–H and O–H groups in total. The minimum Gasteiger partial charge on any atom is -0.494 e. The van der Waals surface area contributed by atoms with Gasteiger partial charge in [-0.3, -0.25) is 14.6 Å². The Balaban J connectivity index is 1.56. The molecule has 3 aromatic carbocycles. The van der Waals surface area contributed by atoms with Crippen LogP contribution in [0.2, 0.25) is 0 Å². The molecule has 0 unspecified atom stereocenters. The highest BCUT2D eigenvalue weighted by Crippen LogP contribution is 2.27. The van der Waals surface area contributed by atoms with Crippen LogP contribution in [0.4, 0.5) is 5.69 Å². The summed E-state index contributed by atoms with van der Waals surface area (Å²) in [6, 6.07) is 21.6.